The Labute approximate surface area is 210 Å². The zero-order valence-corrected chi connectivity index (χ0v) is 21.0. The first-order valence-corrected chi connectivity index (χ1v) is 12.2. The predicted molar refractivity (Wildman–Crippen MR) is 139 cm³/mol. The topological polar surface area (TPSA) is 81.4 Å². The van der Waals surface area contributed by atoms with Gasteiger partial charge in [0.2, 0.25) is 0 Å². The standard InChI is InChI=1S/C25H22BrN5O2S/c1-17(19-9-6-10-20(26)15-19)27-28-23(32)16-34-25-30-29-24(18-7-4-3-5-8-18)31(25)21-11-13-22(33-2)14-12-21/h3-15H,16H2,1-2H3,(H,28,32)/b27-17+. The molecule has 0 unspecified atom stereocenters. The normalized spacial score (nSPS) is 11.3. The van der Waals surface area contributed by atoms with Crippen LogP contribution in [-0.4, -0.2) is 39.2 Å². The number of ether oxygens (including phenoxy) is 1. The number of methoxy groups -OCH3 is 1. The summed E-state index contributed by atoms with van der Waals surface area (Å²) in [5, 5.41) is 13.6. The van der Waals surface area contributed by atoms with Crippen molar-refractivity contribution in [3.05, 3.63) is 88.9 Å². The number of carbonyl (C=O) groups excluding carboxylic acids is 1. The van der Waals surface area contributed by atoms with Crippen LogP contribution in [0.3, 0.4) is 0 Å². The van der Waals surface area contributed by atoms with Crippen molar-refractivity contribution in [1.82, 2.24) is 20.2 Å². The van der Waals surface area contributed by atoms with E-state index in [1.54, 1.807) is 7.11 Å². The van der Waals surface area contributed by atoms with E-state index in [0.717, 1.165) is 27.0 Å². The lowest BCUT2D eigenvalue weighted by Crippen LogP contribution is -2.21. The van der Waals surface area contributed by atoms with Gasteiger partial charge >= 0.3 is 0 Å². The second-order valence-electron chi connectivity index (χ2n) is 7.24. The number of rotatable bonds is 8. The number of carbonyl (C=O) groups is 1. The molecule has 1 N–H and O–H groups in total. The molecule has 172 valence electrons. The second kappa shape index (κ2) is 11.1. The van der Waals surface area contributed by atoms with Crippen LogP contribution in [0.4, 0.5) is 0 Å². The van der Waals surface area contributed by atoms with Gasteiger partial charge in [-0.25, -0.2) is 5.43 Å². The molecule has 0 aliphatic carbocycles. The van der Waals surface area contributed by atoms with E-state index in [1.165, 1.54) is 11.8 Å². The third kappa shape index (κ3) is 5.73. The minimum Gasteiger partial charge on any atom is -0.497 e. The molecule has 34 heavy (non-hydrogen) atoms. The van der Waals surface area contributed by atoms with Gasteiger partial charge in [-0.05, 0) is 48.9 Å². The minimum absolute atomic E-state index is 0.137. The quantitative estimate of drug-likeness (QED) is 0.187. The summed E-state index contributed by atoms with van der Waals surface area (Å²) in [6, 6.07) is 25.2. The molecule has 0 atom stereocenters. The van der Waals surface area contributed by atoms with E-state index < -0.39 is 0 Å². The third-order valence-corrected chi connectivity index (χ3v) is 6.34. The molecular formula is C25H22BrN5O2S. The van der Waals surface area contributed by atoms with Gasteiger partial charge in [-0.2, -0.15) is 5.10 Å². The van der Waals surface area contributed by atoms with Crippen LogP contribution < -0.4 is 10.2 Å². The Morgan fingerprint density at radius 3 is 2.53 bits per heavy atom. The largest absolute Gasteiger partial charge is 0.497 e. The molecule has 0 spiro atoms. The Morgan fingerprint density at radius 2 is 1.82 bits per heavy atom. The first-order chi connectivity index (χ1) is 16.5. The first-order valence-electron chi connectivity index (χ1n) is 10.4. The van der Waals surface area contributed by atoms with Crippen LogP contribution in [0.25, 0.3) is 17.1 Å². The molecule has 1 amide bonds. The molecule has 0 aliphatic heterocycles. The Kier molecular flexibility index (Phi) is 7.76. The van der Waals surface area contributed by atoms with Gasteiger partial charge in [-0.3, -0.25) is 9.36 Å². The fourth-order valence-electron chi connectivity index (χ4n) is 3.19. The molecule has 0 saturated carbocycles. The van der Waals surface area contributed by atoms with Gasteiger partial charge in [0.1, 0.15) is 5.75 Å². The number of thioether (sulfide) groups is 1. The fourth-order valence-corrected chi connectivity index (χ4v) is 4.33. The number of hydrazone groups is 1. The number of benzene rings is 3. The zero-order chi connectivity index (χ0) is 23.9. The van der Waals surface area contributed by atoms with Gasteiger partial charge in [0.15, 0.2) is 11.0 Å². The molecule has 0 fully saturated rings. The van der Waals surface area contributed by atoms with E-state index in [4.69, 9.17) is 4.74 Å². The lowest BCUT2D eigenvalue weighted by molar-refractivity contribution is -0.118. The monoisotopic (exact) mass is 535 g/mol. The molecular weight excluding hydrogens is 514 g/mol. The van der Waals surface area contributed by atoms with Crippen molar-refractivity contribution in [2.24, 2.45) is 5.10 Å². The number of nitrogens with zero attached hydrogens (tertiary/aromatic N) is 4. The molecule has 0 saturated heterocycles. The fraction of sp³-hybridized carbons (Fsp3) is 0.120. The summed E-state index contributed by atoms with van der Waals surface area (Å²) in [6.07, 6.45) is 0. The molecule has 1 aromatic heterocycles. The van der Waals surface area contributed by atoms with Crippen molar-refractivity contribution >= 4 is 39.3 Å². The van der Waals surface area contributed by atoms with E-state index in [-0.39, 0.29) is 11.7 Å². The average Bonchev–Trinajstić information content (AvgIpc) is 3.30. The van der Waals surface area contributed by atoms with Gasteiger partial charge in [0.25, 0.3) is 5.91 Å². The Bertz CT molecular complexity index is 1310. The highest BCUT2D eigenvalue weighted by atomic mass is 79.9. The molecule has 4 aromatic rings. The molecule has 0 bridgehead atoms. The number of halogens is 1. The maximum atomic E-state index is 12.5. The van der Waals surface area contributed by atoms with Crippen molar-refractivity contribution < 1.29 is 9.53 Å². The SMILES string of the molecule is COc1ccc(-n2c(SCC(=O)N/N=C(\C)c3cccc(Br)c3)nnc2-c2ccccc2)cc1. The molecule has 0 aliphatic rings. The number of nitrogens with one attached hydrogen (secondary N) is 1. The van der Waals surface area contributed by atoms with E-state index in [0.29, 0.717) is 16.7 Å². The smallest absolute Gasteiger partial charge is 0.250 e. The highest BCUT2D eigenvalue weighted by Crippen LogP contribution is 2.28. The summed E-state index contributed by atoms with van der Waals surface area (Å²) in [7, 11) is 1.63. The Balaban J connectivity index is 1.53. The molecule has 1 heterocycles. The van der Waals surface area contributed by atoms with Crippen molar-refractivity contribution in [2.45, 2.75) is 12.1 Å². The number of aromatic nitrogens is 3. The van der Waals surface area contributed by atoms with Crippen LogP contribution in [0.1, 0.15) is 12.5 Å². The van der Waals surface area contributed by atoms with Crippen LogP contribution in [0.2, 0.25) is 0 Å². The number of hydrogen-bond acceptors (Lipinski definition) is 6. The summed E-state index contributed by atoms with van der Waals surface area (Å²) in [5.41, 5.74) is 6.06. The zero-order valence-electron chi connectivity index (χ0n) is 18.6. The van der Waals surface area contributed by atoms with Crippen LogP contribution in [0.15, 0.2) is 93.6 Å². The Hall–Kier alpha value is -3.43. The highest BCUT2D eigenvalue weighted by Gasteiger charge is 2.17. The molecule has 7 nitrogen and oxygen atoms in total. The summed E-state index contributed by atoms with van der Waals surface area (Å²) in [5.74, 6) is 1.35. The van der Waals surface area contributed by atoms with E-state index in [1.807, 2.05) is 90.4 Å². The lowest BCUT2D eigenvalue weighted by atomic mass is 10.1. The van der Waals surface area contributed by atoms with Crippen LogP contribution >= 0.6 is 27.7 Å². The van der Waals surface area contributed by atoms with E-state index in [2.05, 4.69) is 36.7 Å². The van der Waals surface area contributed by atoms with Gasteiger partial charge < -0.3 is 4.74 Å². The Morgan fingerprint density at radius 1 is 1.06 bits per heavy atom. The lowest BCUT2D eigenvalue weighted by Gasteiger charge is -2.11. The average molecular weight is 536 g/mol. The van der Waals surface area contributed by atoms with Crippen LogP contribution in [-0.2, 0) is 4.79 Å². The third-order valence-electron chi connectivity index (χ3n) is 4.92. The van der Waals surface area contributed by atoms with E-state index in [9.17, 15) is 4.79 Å². The van der Waals surface area contributed by atoms with E-state index >= 15 is 0 Å². The van der Waals surface area contributed by atoms with Crippen LogP contribution in [0.5, 0.6) is 5.75 Å². The van der Waals surface area contributed by atoms with Gasteiger partial charge in [0, 0.05) is 15.7 Å². The van der Waals surface area contributed by atoms with Crippen molar-refractivity contribution in [2.75, 3.05) is 12.9 Å². The van der Waals surface area contributed by atoms with Gasteiger partial charge in [0.05, 0.1) is 18.6 Å². The summed E-state index contributed by atoms with van der Waals surface area (Å²) < 4.78 is 8.17. The number of amides is 1. The van der Waals surface area contributed by atoms with Crippen molar-refractivity contribution in [3.63, 3.8) is 0 Å². The van der Waals surface area contributed by atoms with Crippen molar-refractivity contribution in [3.8, 4) is 22.8 Å². The maximum Gasteiger partial charge on any atom is 0.250 e. The van der Waals surface area contributed by atoms with Gasteiger partial charge in [-0.1, -0.05) is 70.2 Å². The summed E-state index contributed by atoms with van der Waals surface area (Å²) in [4.78, 5) is 12.5. The molecule has 4 rings (SSSR count). The number of hydrogen-bond donors (Lipinski definition) is 1. The second-order valence-corrected chi connectivity index (χ2v) is 9.10. The summed E-state index contributed by atoms with van der Waals surface area (Å²) >= 11 is 4.74. The van der Waals surface area contributed by atoms with Crippen LogP contribution in [0, 0.1) is 0 Å². The highest BCUT2D eigenvalue weighted by molar-refractivity contribution is 9.10. The minimum atomic E-state index is -0.232. The first kappa shape index (κ1) is 23.7. The maximum absolute atomic E-state index is 12.5. The van der Waals surface area contributed by atoms with Crippen molar-refractivity contribution in [1.29, 1.82) is 0 Å². The summed E-state index contributed by atoms with van der Waals surface area (Å²) in [6.45, 7) is 1.85. The van der Waals surface area contributed by atoms with Gasteiger partial charge in [-0.15, -0.1) is 10.2 Å². The molecule has 3 aromatic carbocycles. The molecule has 9 heteroatoms. The molecule has 0 radical (unpaired) electrons. The predicted octanol–water partition coefficient (Wildman–Crippen LogP) is 5.34.